The van der Waals surface area contributed by atoms with E-state index in [0.717, 1.165) is 0 Å². The number of aryl methyl sites for hydroxylation is 2. The summed E-state index contributed by atoms with van der Waals surface area (Å²) in [4.78, 5) is 25.9. The summed E-state index contributed by atoms with van der Waals surface area (Å²) in [6.07, 6.45) is 2.27. The van der Waals surface area contributed by atoms with Gasteiger partial charge in [0.05, 0.1) is 0 Å². The number of aromatic nitrogens is 1. The van der Waals surface area contributed by atoms with Crippen LogP contribution in [-0.4, -0.2) is 33.6 Å². The van der Waals surface area contributed by atoms with Crippen molar-refractivity contribution in [1.29, 1.82) is 0 Å². The molecule has 0 aliphatic rings. The van der Waals surface area contributed by atoms with Crippen molar-refractivity contribution in [1.82, 2.24) is 10.3 Å². The monoisotopic (exact) mass is 318 g/mol. The summed E-state index contributed by atoms with van der Waals surface area (Å²) in [6.45, 7) is -0.561. The molecule has 1 amide bonds. The number of pyridine rings is 1. The van der Waals surface area contributed by atoms with Gasteiger partial charge in [-0.2, -0.15) is 0 Å². The second-order valence-corrected chi connectivity index (χ2v) is 4.88. The number of carbonyl (C=O) groups is 2. The second-order valence-electron chi connectivity index (χ2n) is 4.88. The minimum absolute atomic E-state index is 0.249. The largest absolute Gasteiger partial charge is 0.505 e. The summed E-state index contributed by atoms with van der Waals surface area (Å²) >= 11 is 0. The van der Waals surface area contributed by atoms with Gasteiger partial charge in [0, 0.05) is 6.20 Å². The number of nitrogens with zero attached hydrogens (tertiary/aromatic N) is 1. The number of rotatable bonds is 6. The fraction of sp³-hybridized carbons (Fsp3) is 0.188. The summed E-state index contributed by atoms with van der Waals surface area (Å²) in [7, 11) is 0. The molecule has 23 heavy (non-hydrogen) atoms. The Bertz CT molecular complexity index is 734. The lowest BCUT2D eigenvalue weighted by Gasteiger charge is -2.07. The molecule has 0 fully saturated rings. The average Bonchev–Trinajstić information content (AvgIpc) is 2.52. The summed E-state index contributed by atoms with van der Waals surface area (Å²) in [5.41, 5.74) is 0.941. The molecular weight excluding hydrogens is 303 g/mol. The van der Waals surface area contributed by atoms with Crippen LogP contribution in [0.5, 0.6) is 5.75 Å². The van der Waals surface area contributed by atoms with E-state index in [0.29, 0.717) is 24.0 Å². The summed E-state index contributed by atoms with van der Waals surface area (Å²) in [5, 5.41) is 20.4. The molecular formula is C16H15FN2O4. The summed E-state index contributed by atoms with van der Waals surface area (Å²) in [5.74, 6) is -2.61. The fourth-order valence-corrected chi connectivity index (χ4v) is 2.03. The van der Waals surface area contributed by atoms with E-state index >= 15 is 0 Å². The zero-order chi connectivity index (χ0) is 16.8. The Kier molecular flexibility index (Phi) is 5.24. The lowest BCUT2D eigenvalue weighted by Crippen LogP contribution is -2.29. The SMILES string of the molecule is O=C(O)CNC(=O)c1ncc(CCc2ccccc2F)cc1O. The Hall–Kier alpha value is -2.96. The molecule has 1 heterocycles. The van der Waals surface area contributed by atoms with Crippen LogP contribution in [0.15, 0.2) is 36.5 Å². The molecule has 0 saturated carbocycles. The number of carboxylic acid groups (broad SMARTS) is 1. The third-order valence-electron chi connectivity index (χ3n) is 3.18. The predicted octanol–water partition coefficient (Wildman–Crippen LogP) is 1.53. The Morgan fingerprint density at radius 3 is 2.61 bits per heavy atom. The molecule has 0 radical (unpaired) electrons. The van der Waals surface area contributed by atoms with Crippen molar-refractivity contribution in [2.45, 2.75) is 12.8 Å². The first-order valence-electron chi connectivity index (χ1n) is 6.88. The number of aliphatic carboxylic acids is 1. The maximum Gasteiger partial charge on any atom is 0.322 e. The molecule has 2 rings (SSSR count). The highest BCUT2D eigenvalue weighted by molar-refractivity contribution is 5.96. The number of amides is 1. The van der Waals surface area contributed by atoms with E-state index in [1.165, 1.54) is 18.3 Å². The first-order chi connectivity index (χ1) is 11.0. The molecule has 2 aromatic rings. The van der Waals surface area contributed by atoms with Crippen molar-refractivity contribution >= 4 is 11.9 Å². The zero-order valence-electron chi connectivity index (χ0n) is 12.1. The van der Waals surface area contributed by atoms with Crippen molar-refractivity contribution < 1.29 is 24.2 Å². The van der Waals surface area contributed by atoms with Gasteiger partial charge in [0.25, 0.3) is 5.91 Å². The van der Waals surface area contributed by atoms with Crippen molar-refractivity contribution in [2.24, 2.45) is 0 Å². The van der Waals surface area contributed by atoms with Crippen molar-refractivity contribution in [3.8, 4) is 5.75 Å². The molecule has 3 N–H and O–H groups in total. The van der Waals surface area contributed by atoms with Gasteiger partial charge in [-0.15, -0.1) is 0 Å². The van der Waals surface area contributed by atoms with E-state index in [-0.39, 0.29) is 17.3 Å². The number of nitrogens with one attached hydrogen (secondary N) is 1. The minimum atomic E-state index is -1.20. The molecule has 0 spiro atoms. The van der Waals surface area contributed by atoms with Gasteiger partial charge < -0.3 is 15.5 Å². The lowest BCUT2D eigenvalue weighted by molar-refractivity contribution is -0.135. The summed E-state index contributed by atoms with van der Waals surface area (Å²) in [6, 6.07) is 7.77. The molecule has 6 nitrogen and oxygen atoms in total. The molecule has 0 saturated heterocycles. The van der Waals surface area contributed by atoms with E-state index in [1.807, 2.05) is 0 Å². The number of hydrogen-bond donors (Lipinski definition) is 3. The van der Waals surface area contributed by atoms with Crippen LogP contribution in [0.2, 0.25) is 0 Å². The second kappa shape index (κ2) is 7.35. The van der Waals surface area contributed by atoms with Crippen LogP contribution in [-0.2, 0) is 17.6 Å². The maximum absolute atomic E-state index is 13.5. The van der Waals surface area contributed by atoms with Gasteiger partial charge in [-0.05, 0) is 36.1 Å². The van der Waals surface area contributed by atoms with E-state index in [4.69, 9.17) is 5.11 Å². The molecule has 1 aromatic carbocycles. The molecule has 7 heteroatoms. The smallest absolute Gasteiger partial charge is 0.322 e. The molecule has 120 valence electrons. The average molecular weight is 318 g/mol. The van der Waals surface area contributed by atoms with Crippen LogP contribution in [0.1, 0.15) is 21.6 Å². The highest BCUT2D eigenvalue weighted by Gasteiger charge is 2.14. The van der Waals surface area contributed by atoms with Gasteiger partial charge in [-0.25, -0.2) is 9.37 Å². The third-order valence-corrected chi connectivity index (χ3v) is 3.18. The Labute approximate surface area is 131 Å². The van der Waals surface area contributed by atoms with Crippen LogP contribution in [0, 0.1) is 5.82 Å². The van der Waals surface area contributed by atoms with Crippen LogP contribution in [0.4, 0.5) is 4.39 Å². The molecule has 1 aromatic heterocycles. The number of hydrogen-bond acceptors (Lipinski definition) is 4. The molecule has 0 atom stereocenters. The van der Waals surface area contributed by atoms with Gasteiger partial charge in [-0.1, -0.05) is 18.2 Å². The topological polar surface area (TPSA) is 99.5 Å². The quantitative estimate of drug-likeness (QED) is 0.750. The maximum atomic E-state index is 13.5. The number of aromatic hydroxyl groups is 1. The van der Waals surface area contributed by atoms with E-state index in [9.17, 15) is 19.1 Å². The highest BCUT2D eigenvalue weighted by atomic mass is 19.1. The molecule has 0 aliphatic heterocycles. The molecule has 0 aliphatic carbocycles. The van der Waals surface area contributed by atoms with Gasteiger partial charge in [0.2, 0.25) is 0 Å². The first-order valence-corrected chi connectivity index (χ1v) is 6.88. The standard InChI is InChI=1S/C16H15FN2O4/c17-12-4-2-1-3-11(12)6-5-10-7-13(20)15(18-8-10)16(23)19-9-14(21)22/h1-4,7-8,20H,5-6,9H2,(H,19,23)(H,21,22). The van der Waals surface area contributed by atoms with E-state index in [1.54, 1.807) is 18.2 Å². The Morgan fingerprint density at radius 1 is 1.22 bits per heavy atom. The Morgan fingerprint density at radius 2 is 1.96 bits per heavy atom. The summed E-state index contributed by atoms with van der Waals surface area (Å²) < 4.78 is 13.5. The Balaban J connectivity index is 2.03. The number of benzene rings is 1. The van der Waals surface area contributed by atoms with E-state index < -0.39 is 18.4 Å². The van der Waals surface area contributed by atoms with Gasteiger partial charge in [-0.3, -0.25) is 9.59 Å². The normalized spacial score (nSPS) is 10.3. The fourth-order valence-electron chi connectivity index (χ4n) is 2.03. The first kappa shape index (κ1) is 16.4. The van der Waals surface area contributed by atoms with Crippen molar-refractivity contribution in [3.63, 3.8) is 0 Å². The van der Waals surface area contributed by atoms with Crippen LogP contribution >= 0.6 is 0 Å². The van der Waals surface area contributed by atoms with Crippen LogP contribution in [0.3, 0.4) is 0 Å². The highest BCUT2D eigenvalue weighted by Crippen LogP contribution is 2.18. The van der Waals surface area contributed by atoms with Crippen LogP contribution < -0.4 is 5.32 Å². The van der Waals surface area contributed by atoms with Gasteiger partial charge >= 0.3 is 5.97 Å². The zero-order valence-corrected chi connectivity index (χ0v) is 12.1. The number of carboxylic acids is 1. The van der Waals surface area contributed by atoms with E-state index in [2.05, 4.69) is 10.3 Å². The van der Waals surface area contributed by atoms with Crippen molar-refractivity contribution in [3.05, 3.63) is 59.2 Å². The lowest BCUT2D eigenvalue weighted by atomic mass is 10.0. The third kappa shape index (κ3) is 4.50. The number of halogens is 1. The van der Waals surface area contributed by atoms with Crippen LogP contribution in [0.25, 0.3) is 0 Å². The van der Waals surface area contributed by atoms with Gasteiger partial charge in [0.15, 0.2) is 5.69 Å². The number of carbonyl (C=O) groups excluding carboxylic acids is 1. The van der Waals surface area contributed by atoms with Crippen molar-refractivity contribution in [2.75, 3.05) is 6.54 Å². The molecule has 0 bridgehead atoms. The molecule has 0 unspecified atom stereocenters. The van der Waals surface area contributed by atoms with Gasteiger partial charge in [0.1, 0.15) is 18.1 Å². The minimum Gasteiger partial charge on any atom is -0.505 e. The predicted molar refractivity (Wildman–Crippen MR) is 79.7 cm³/mol.